The van der Waals surface area contributed by atoms with Crippen molar-refractivity contribution in [2.45, 2.75) is 42.8 Å². The number of carbonyl (C=O) groups excluding carboxylic acids is 1. The first-order valence-corrected chi connectivity index (χ1v) is 10.1. The number of carbonyl (C=O) groups is 1. The molecular formula is C18H20O5S. The number of methoxy groups -OCH3 is 1. The van der Waals surface area contributed by atoms with E-state index in [0.717, 1.165) is 37.7 Å². The van der Waals surface area contributed by atoms with Gasteiger partial charge in [0.05, 0.1) is 7.11 Å². The van der Waals surface area contributed by atoms with Crippen molar-refractivity contribution >= 4 is 16.1 Å². The second-order valence-corrected chi connectivity index (χ2v) is 9.66. The van der Waals surface area contributed by atoms with E-state index < -0.39 is 21.3 Å². The van der Waals surface area contributed by atoms with Crippen LogP contribution in [0.1, 0.15) is 48.0 Å². The maximum Gasteiger partial charge on any atom is 0.341 e. The predicted molar refractivity (Wildman–Crippen MR) is 86.4 cm³/mol. The second kappa shape index (κ2) is 4.54. The van der Waals surface area contributed by atoms with Gasteiger partial charge in [0.15, 0.2) is 5.75 Å². The molecule has 0 radical (unpaired) electrons. The normalized spacial score (nSPS) is 40.4. The van der Waals surface area contributed by atoms with Crippen LogP contribution in [0.25, 0.3) is 0 Å². The van der Waals surface area contributed by atoms with Crippen LogP contribution in [0.4, 0.5) is 0 Å². The second-order valence-electron chi connectivity index (χ2n) is 7.96. The van der Waals surface area contributed by atoms with Crippen LogP contribution in [0.2, 0.25) is 0 Å². The molecular weight excluding hydrogens is 328 g/mol. The third-order valence-electron chi connectivity index (χ3n) is 6.71. The molecule has 1 spiro atoms. The molecule has 4 saturated carbocycles. The van der Waals surface area contributed by atoms with Crippen molar-refractivity contribution in [1.29, 1.82) is 0 Å². The smallest absolute Gasteiger partial charge is 0.341 e. The highest BCUT2D eigenvalue weighted by molar-refractivity contribution is 7.87. The van der Waals surface area contributed by atoms with Crippen molar-refractivity contribution in [1.82, 2.24) is 0 Å². The van der Waals surface area contributed by atoms with E-state index in [4.69, 9.17) is 8.92 Å². The molecule has 128 valence electrons. The molecule has 6 heteroatoms. The summed E-state index contributed by atoms with van der Waals surface area (Å²) in [5.41, 5.74) is 1.07. The van der Waals surface area contributed by atoms with Crippen molar-refractivity contribution in [2.75, 3.05) is 7.11 Å². The number of rotatable bonds is 1. The Morgan fingerprint density at radius 1 is 1.21 bits per heavy atom. The predicted octanol–water partition coefficient (Wildman–Crippen LogP) is 2.64. The zero-order chi connectivity index (χ0) is 16.7. The van der Waals surface area contributed by atoms with Crippen LogP contribution >= 0.6 is 0 Å². The summed E-state index contributed by atoms with van der Waals surface area (Å²) in [6.07, 6.45) is 4.86. The Bertz CT molecular complexity index is 827. The maximum atomic E-state index is 13.0. The van der Waals surface area contributed by atoms with Crippen LogP contribution < -0.4 is 4.18 Å². The van der Waals surface area contributed by atoms with Gasteiger partial charge >= 0.3 is 16.1 Å². The van der Waals surface area contributed by atoms with E-state index >= 15 is 0 Å². The fraction of sp³-hybridized carbons (Fsp3) is 0.611. The van der Waals surface area contributed by atoms with Crippen LogP contribution in [0.3, 0.4) is 0 Å². The monoisotopic (exact) mass is 348 g/mol. The molecule has 4 fully saturated rings. The van der Waals surface area contributed by atoms with Crippen LogP contribution in [0, 0.1) is 17.8 Å². The van der Waals surface area contributed by atoms with Crippen molar-refractivity contribution < 1.29 is 22.1 Å². The molecule has 0 N–H and O–H groups in total. The molecule has 2 unspecified atom stereocenters. The lowest BCUT2D eigenvalue weighted by Gasteiger charge is -2.60. The van der Waals surface area contributed by atoms with E-state index in [9.17, 15) is 13.2 Å². The largest absolute Gasteiger partial charge is 0.465 e. The highest BCUT2D eigenvalue weighted by atomic mass is 32.2. The molecule has 1 aromatic carbocycles. The molecule has 2 atom stereocenters. The minimum Gasteiger partial charge on any atom is -0.465 e. The van der Waals surface area contributed by atoms with Crippen LogP contribution in [-0.4, -0.2) is 26.7 Å². The van der Waals surface area contributed by atoms with E-state index in [1.165, 1.54) is 7.11 Å². The third-order valence-corrected chi connectivity index (χ3v) is 8.55. The van der Waals surface area contributed by atoms with Crippen molar-refractivity contribution in [3.8, 4) is 5.75 Å². The van der Waals surface area contributed by atoms with E-state index in [1.54, 1.807) is 6.07 Å². The zero-order valence-corrected chi connectivity index (χ0v) is 14.3. The molecule has 2 heterocycles. The highest BCUT2D eigenvalue weighted by Crippen LogP contribution is 2.64. The van der Waals surface area contributed by atoms with Crippen molar-refractivity contribution in [3.63, 3.8) is 0 Å². The summed E-state index contributed by atoms with van der Waals surface area (Å²) in [5, 5.41) is -0.416. The standard InChI is InChI=1S/C18H20O5S/c1-22-17(19)13-3-2-4-14-15(13)23-24(20,21)16-11-5-10-6-12(16)9-18(14,7-10)8-11/h2-4,10-12,16H,5-9H2,1H3. The molecule has 2 aliphatic heterocycles. The Balaban J connectivity index is 1.79. The molecule has 0 aromatic heterocycles. The Kier molecular flexibility index (Phi) is 2.79. The number of hydrogen-bond acceptors (Lipinski definition) is 5. The molecule has 0 amide bonds. The lowest BCUT2D eigenvalue weighted by Crippen LogP contribution is -2.59. The summed E-state index contributed by atoms with van der Waals surface area (Å²) < 4.78 is 36.4. The van der Waals surface area contributed by atoms with Gasteiger partial charge in [0.1, 0.15) is 10.8 Å². The fourth-order valence-electron chi connectivity index (χ4n) is 6.27. The van der Waals surface area contributed by atoms with Crippen LogP contribution in [0.15, 0.2) is 18.2 Å². The summed E-state index contributed by atoms with van der Waals surface area (Å²) >= 11 is 0. The first kappa shape index (κ1) is 14.8. The Hall–Kier alpha value is -1.56. The average Bonchev–Trinajstić information content (AvgIpc) is 2.51. The van der Waals surface area contributed by atoms with Gasteiger partial charge in [0, 0.05) is 5.56 Å². The van der Waals surface area contributed by atoms with Crippen molar-refractivity contribution in [2.24, 2.45) is 17.8 Å². The molecule has 1 aromatic rings. The SMILES string of the molecule is COC(=O)c1cccc2c1OS(=O)(=O)C1C3CC4CC1CC2(C4)C3. The quantitative estimate of drug-likeness (QED) is 0.576. The van der Waals surface area contributed by atoms with Gasteiger partial charge in [0.2, 0.25) is 0 Å². The zero-order valence-electron chi connectivity index (χ0n) is 13.5. The van der Waals surface area contributed by atoms with Crippen LogP contribution in [0.5, 0.6) is 5.75 Å². The first-order valence-electron chi connectivity index (χ1n) is 8.59. The summed E-state index contributed by atoms with van der Waals surface area (Å²) in [6, 6.07) is 5.36. The van der Waals surface area contributed by atoms with Gasteiger partial charge in [-0.2, -0.15) is 8.42 Å². The van der Waals surface area contributed by atoms with E-state index in [1.807, 2.05) is 12.1 Å². The van der Waals surface area contributed by atoms with Gasteiger partial charge in [-0.1, -0.05) is 12.1 Å². The number of hydrogen-bond donors (Lipinski definition) is 0. The fourth-order valence-corrected chi connectivity index (χ4v) is 8.15. The summed E-state index contributed by atoms with van der Waals surface area (Å²) in [5.74, 6) is 0.648. The molecule has 0 saturated heterocycles. The van der Waals surface area contributed by atoms with Crippen LogP contribution in [-0.2, 0) is 20.3 Å². The Morgan fingerprint density at radius 3 is 2.58 bits per heavy atom. The number of esters is 1. The van der Waals surface area contributed by atoms with Gasteiger partial charge in [-0.05, 0) is 61.3 Å². The van der Waals surface area contributed by atoms with E-state index in [2.05, 4.69) is 0 Å². The lowest BCUT2D eigenvalue weighted by molar-refractivity contribution is -0.00709. The van der Waals surface area contributed by atoms with E-state index in [-0.39, 0.29) is 28.6 Å². The lowest BCUT2D eigenvalue weighted by atomic mass is 9.47. The topological polar surface area (TPSA) is 69.7 Å². The van der Waals surface area contributed by atoms with Gasteiger partial charge < -0.3 is 8.92 Å². The number of ether oxygens (including phenoxy) is 1. The molecule has 24 heavy (non-hydrogen) atoms. The number of para-hydroxylation sites is 1. The van der Waals surface area contributed by atoms with Gasteiger partial charge in [-0.15, -0.1) is 0 Å². The first-order chi connectivity index (χ1) is 11.4. The molecule has 7 rings (SSSR count). The van der Waals surface area contributed by atoms with Gasteiger partial charge in [-0.25, -0.2) is 4.79 Å². The minimum atomic E-state index is -3.75. The highest BCUT2D eigenvalue weighted by Gasteiger charge is 2.62. The molecule has 5 nitrogen and oxygen atoms in total. The van der Waals surface area contributed by atoms with Gasteiger partial charge in [0.25, 0.3) is 0 Å². The van der Waals surface area contributed by atoms with Crippen molar-refractivity contribution in [3.05, 3.63) is 29.3 Å². The summed E-state index contributed by atoms with van der Waals surface area (Å²) in [7, 11) is -2.45. The van der Waals surface area contributed by atoms with E-state index in [0.29, 0.717) is 5.92 Å². The summed E-state index contributed by atoms with van der Waals surface area (Å²) in [4.78, 5) is 12.1. The molecule has 6 aliphatic rings. The summed E-state index contributed by atoms with van der Waals surface area (Å²) in [6.45, 7) is 0. The van der Waals surface area contributed by atoms with Gasteiger partial charge in [-0.3, -0.25) is 0 Å². The molecule has 5 bridgehead atoms. The third kappa shape index (κ3) is 1.75. The average molecular weight is 348 g/mol. The Labute approximate surface area is 141 Å². The molecule has 4 aliphatic carbocycles. The number of fused-ring (bicyclic) bond motifs is 1. The minimum absolute atomic E-state index is 0.0394. The Morgan fingerprint density at radius 2 is 1.92 bits per heavy atom. The maximum absolute atomic E-state index is 13.0. The number of benzene rings is 1.